The van der Waals surface area contributed by atoms with Crippen molar-refractivity contribution in [1.82, 2.24) is 15.6 Å². The summed E-state index contributed by atoms with van der Waals surface area (Å²) in [6, 6.07) is 12.3. The summed E-state index contributed by atoms with van der Waals surface area (Å²) in [5.41, 5.74) is 2.43. The monoisotopic (exact) mass is 495 g/mol. The molecule has 1 saturated heterocycles. The lowest BCUT2D eigenvalue weighted by Crippen LogP contribution is -2.38. The Bertz CT molecular complexity index is 745. The van der Waals surface area contributed by atoms with Gasteiger partial charge in [0.25, 0.3) is 0 Å². The number of aryl methyl sites for hydroxylation is 1. The Labute approximate surface area is 184 Å². The number of benzene rings is 1. The lowest BCUT2D eigenvalue weighted by atomic mass is 10.2. The first-order chi connectivity index (χ1) is 13.2. The van der Waals surface area contributed by atoms with Crippen LogP contribution in [0.3, 0.4) is 0 Å². The van der Waals surface area contributed by atoms with Gasteiger partial charge in [-0.3, -0.25) is 4.99 Å². The first-order valence-corrected chi connectivity index (χ1v) is 9.58. The number of hydrogen-bond acceptors (Lipinski definition) is 4. The average Bonchev–Trinajstić information content (AvgIpc) is 3.24. The standard InChI is InChI=1S/C21H29N5O.HI/c1-17-5-7-19(8-6-17)27-14-11-24-21(22-2)25-16-18-9-10-23-20(15-18)26-12-3-4-13-26;/h5-10,15H,3-4,11-14,16H2,1-2H3,(H2,22,24,25);1H. The van der Waals surface area contributed by atoms with E-state index in [0.29, 0.717) is 19.7 Å². The highest BCUT2D eigenvalue weighted by Gasteiger charge is 2.13. The highest BCUT2D eigenvalue weighted by atomic mass is 127. The van der Waals surface area contributed by atoms with Crippen LogP contribution in [0.25, 0.3) is 0 Å². The molecular weight excluding hydrogens is 465 g/mol. The van der Waals surface area contributed by atoms with E-state index in [1.165, 1.54) is 24.0 Å². The van der Waals surface area contributed by atoms with E-state index >= 15 is 0 Å². The van der Waals surface area contributed by atoms with Gasteiger partial charge in [0.2, 0.25) is 0 Å². The summed E-state index contributed by atoms with van der Waals surface area (Å²) in [7, 11) is 1.78. The van der Waals surface area contributed by atoms with Crippen LogP contribution in [0.15, 0.2) is 47.6 Å². The van der Waals surface area contributed by atoms with Crippen LogP contribution >= 0.6 is 24.0 Å². The molecule has 7 heteroatoms. The zero-order valence-corrected chi connectivity index (χ0v) is 19.0. The van der Waals surface area contributed by atoms with E-state index in [2.05, 4.69) is 38.5 Å². The molecule has 152 valence electrons. The van der Waals surface area contributed by atoms with Crippen molar-refractivity contribution in [2.24, 2.45) is 4.99 Å². The van der Waals surface area contributed by atoms with E-state index in [1.807, 2.05) is 36.5 Å². The van der Waals surface area contributed by atoms with Gasteiger partial charge in [0.15, 0.2) is 5.96 Å². The van der Waals surface area contributed by atoms with Crippen LogP contribution < -0.4 is 20.3 Å². The van der Waals surface area contributed by atoms with Gasteiger partial charge in [-0.2, -0.15) is 0 Å². The maximum absolute atomic E-state index is 5.73. The molecule has 2 aromatic rings. The third-order valence-electron chi connectivity index (χ3n) is 4.61. The quantitative estimate of drug-likeness (QED) is 0.267. The van der Waals surface area contributed by atoms with E-state index in [9.17, 15) is 0 Å². The largest absolute Gasteiger partial charge is 0.492 e. The number of guanidine groups is 1. The predicted octanol–water partition coefficient (Wildman–Crippen LogP) is 3.35. The molecule has 0 aliphatic carbocycles. The van der Waals surface area contributed by atoms with Crippen LogP contribution in [0, 0.1) is 6.92 Å². The fourth-order valence-corrected chi connectivity index (χ4v) is 3.07. The Morgan fingerprint density at radius 2 is 1.89 bits per heavy atom. The first-order valence-electron chi connectivity index (χ1n) is 9.58. The molecule has 1 aliphatic heterocycles. The van der Waals surface area contributed by atoms with Crippen LogP contribution in [0.5, 0.6) is 5.75 Å². The summed E-state index contributed by atoms with van der Waals surface area (Å²) in [6.45, 7) is 6.25. The van der Waals surface area contributed by atoms with Gasteiger partial charge in [0.1, 0.15) is 18.2 Å². The fourth-order valence-electron chi connectivity index (χ4n) is 3.07. The minimum absolute atomic E-state index is 0. The number of aliphatic imine (C=N–C) groups is 1. The maximum Gasteiger partial charge on any atom is 0.191 e. The third kappa shape index (κ3) is 6.85. The molecule has 6 nitrogen and oxygen atoms in total. The van der Waals surface area contributed by atoms with Gasteiger partial charge in [-0.05, 0) is 49.6 Å². The smallest absolute Gasteiger partial charge is 0.191 e. The highest BCUT2D eigenvalue weighted by Crippen LogP contribution is 2.18. The van der Waals surface area contributed by atoms with Crippen LogP contribution in [-0.4, -0.2) is 44.2 Å². The van der Waals surface area contributed by atoms with Gasteiger partial charge in [-0.25, -0.2) is 4.98 Å². The van der Waals surface area contributed by atoms with Gasteiger partial charge in [0, 0.05) is 32.9 Å². The Hall–Kier alpha value is -2.03. The zero-order chi connectivity index (χ0) is 18.9. The highest BCUT2D eigenvalue weighted by molar-refractivity contribution is 14.0. The van der Waals surface area contributed by atoms with Gasteiger partial charge in [-0.1, -0.05) is 17.7 Å². The Kier molecular flexibility index (Phi) is 9.33. The molecule has 0 atom stereocenters. The molecule has 0 saturated carbocycles. The SMILES string of the molecule is CN=C(NCCOc1ccc(C)cc1)NCc1ccnc(N2CCCC2)c1.I. The van der Waals surface area contributed by atoms with Crippen LogP contribution in [0.2, 0.25) is 0 Å². The molecule has 28 heavy (non-hydrogen) atoms. The second-order valence-corrected chi connectivity index (χ2v) is 6.73. The lowest BCUT2D eigenvalue weighted by Gasteiger charge is -2.17. The number of halogens is 1. The van der Waals surface area contributed by atoms with Gasteiger partial charge in [-0.15, -0.1) is 24.0 Å². The van der Waals surface area contributed by atoms with E-state index in [0.717, 1.165) is 30.6 Å². The molecule has 0 unspecified atom stereocenters. The molecule has 2 heterocycles. The van der Waals surface area contributed by atoms with Gasteiger partial charge < -0.3 is 20.3 Å². The molecule has 0 amide bonds. The number of rotatable bonds is 7. The van der Waals surface area contributed by atoms with Crippen LogP contribution in [-0.2, 0) is 6.54 Å². The van der Waals surface area contributed by atoms with Crippen LogP contribution in [0.4, 0.5) is 5.82 Å². The van der Waals surface area contributed by atoms with Crippen molar-refractivity contribution in [2.45, 2.75) is 26.3 Å². The Morgan fingerprint density at radius 1 is 1.14 bits per heavy atom. The van der Waals surface area contributed by atoms with Crippen molar-refractivity contribution in [3.63, 3.8) is 0 Å². The summed E-state index contributed by atoms with van der Waals surface area (Å²) >= 11 is 0. The van der Waals surface area contributed by atoms with Crippen molar-refractivity contribution in [2.75, 3.05) is 38.2 Å². The normalized spacial score (nSPS) is 13.8. The molecule has 1 aromatic carbocycles. The van der Waals surface area contributed by atoms with Crippen molar-refractivity contribution < 1.29 is 4.74 Å². The number of aromatic nitrogens is 1. The number of nitrogens with one attached hydrogen (secondary N) is 2. The number of ether oxygens (including phenoxy) is 1. The summed E-state index contributed by atoms with van der Waals surface area (Å²) in [5, 5.41) is 6.63. The summed E-state index contributed by atoms with van der Waals surface area (Å²) in [6.07, 6.45) is 4.40. The molecular formula is C21H30IN5O. The predicted molar refractivity (Wildman–Crippen MR) is 126 cm³/mol. The number of nitrogens with zero attached hydrogens (tertiary/aromatic N) is 3. The van der Waals surface area contributed by atoms with E-state index in [1.54, 1.807) is 7.05 Å². The van der Waals surface area contributed by atoms with Crippen molar-refractivity contribution in [1.29, 1.82) is 0 Å². The molecule has 0 spiro atoms. The van der Waals surface area contributed by atoms with Crippen molar-refractivity contribution in [3.05, 3.63) is 53.7 Å². The molecule has 0 bridgehead atoms. The topological polar surface area (TPSA) is 61.8 Å². The second kappa shape index (κ2) is 11.7. The third-order valence-corrected chi connectivity index (χ3v) is 4.61. The van der Waals surface area contributed by atoms with Gasteiger partial charge in [0.05, 0.1) is 6.54 Å². The summed E-state index contributed by atoms with van der Waals surface area (Å²) in [4.78, 5) is 11.1. The second-order valence-electron chi connectivity index (χ2n) is 6.73. The van der Waals surface area contributed by atoms with E-state index < -0.39 is 0 Å². The molecule has 1 aromatic heterocycles. The van der Waals surface area contributed by atoms with Crippen LogP contribution in [0.1, 0.15) is 24.0 Å². The Morgan fingerprint density at radius 3 is 2.61 bits per heavy atom. The molecule has 0 radical (unpaired) electrons. The summed E-state index contributed by atoms with van der Waals surface area (Å²) in [5.74, 6) is 2.72. The minimum Gasteiger partial charge on any atom is -0.492 e. The van der Waals surface area contributed by atoms with E-state index in [-0.39, 0.29) is 24.0 Å². The maximum atomic E-state index is 5.73. The molecule has 2 N–H and O–H groups in total. The summed E-state index contributed by atoms with van der Waals surface area (Å²) < 4.78 is 5.73. The molecule has 3 rings (SSSR count). The fraction of sp³-hybridized carbons (Fsp3) is 0.429. The first kappa shape index (κ1) is 22.3. The van der Waals surface area contributed by atoms with Crippen molar-refractivity contribution in [3.8, 4) is 5.75 Å². The lowest BCUT2D eigenvalue weighted by molar-refractivity contribution is 0.322. The van der Waals surface area contributed by atoms with Gasteiger partial charge >= 0.3 is 0 Å². The van der Waals surface area contributed by atoms with E-state index in [4.69, 9.17) is 4.74 Å². The number of pyridine rings is 1. The molecule has 1 aliphatic rings. The number of anilines is 1. The Balaban J connectivity index is 0.00000280. The minimum atomic E-state index is 0. The molecule has 1 fully saturated rings. The van der Waals surface area contributed by atoms with Crippen molar-refractivity contribution >= 4 is 35.8 Å². The average molecular weight is 495 g/mol. The zero-order valence-electron chi connectivity index (χ0n) is 16.6. The number of hydrogen-bond donors (Lipinski definition) is 2.